The van der Waals surface area contributed by atoms with Gasteiger partial charge in [0, 0.05) is 13.1 Å². The van der Waals surface area contributed by atoms with Crippen LogP contribution in [0.4, 0.5) is 0 Å². The number of morpholine rings is 1. The van der Waals surface area contributed by atoms with Crippen LogP contribution in [0, 0.1) is 0 Å². The number of nitrogens with one attached hydrogen (secondary N) is 1. The minimum absolute atomic E-state index is 0.0149. The van der Waals surface area contributed by atoms with Crippen molar-refractivity contribution >= 4 is 23.2 Å². The van der Waals surface area contributed by atoms with Gasteiger partial charge in [-0.1, -0.05) is 0 Å². The van der Waals surface area contributed by atoms with Gasteiger partial charge in [0.2, 0.25) is 5.91 Å². The van der Waals surface area contributed by atoms with Crippen LogP contribution in [0.5, 0.6) is 0 Å². The van der Waals surface area contributed by atoms with Crippen molar-refractivity contribution in [3.8, 4) is 0 Å². The van der Waals surface area contributed by atoms with Crippen LogP contribution in [-0.2, 0) is 9.53 Å². The first-order valence-corrected chi connectivity index (χ1v) is 4.94. The molecule has 0 aromatic carbocycles. The molecule has 0 saturated carbocycles. The van der Waals surface area contributed by atoms with E-state index in [4.69, 9.17) is 10.5 Å². The predicted molar refractivity (Wildman–Crippen MR) is 56.8 cm³/mol. The van der Waals surface area contributed by atoms with Gasteiger partial charge in [0.25, 0.3) is 0 Å². The Morgan fingerprint density at radius 1 is 1.57 bits per heavy atom. The van der Waals surface area contributed by atoms with Crippen molar-refractivity contribution in [2.24, 2.45) is 5.73 Å². The van der Waals surface area contributed by atoms with Crippen LogP contribution in [0.25, 0.3) is 0 Å². The topological polar surface area (TPSA) is 67.6 Å². The Balaban J connectivity index is 2.42. The number of hydrogen-bond acceptors (Lipinski definition) is 3. The largest absolute Gasteiger partial charge is 0.378 e. The van der Waals surface area contributed by atoms with Gasteiger partial charge < -0.3 is 20.7 Å². The molecule has 0 bridgehead atoms. The average Bonchev–Trinajstić information content (AvgIpc) is 2.17. The van der Waals surface area contributed by atoms with E-state index >= 15 is 0 Å². The number of amides is 1. The standard InChI is InChI=1S/C8H15N3O2S/c1-6(10-8(9)14)7(12)11-2-4-13-5-3-11/h6H,2-5H2,1H3,(H3,9,10,14). The third-order valence-corrected chi connectivity index (χ3v) is 2.17. The maximum Gasteiger partial charge on any atom is 0.244 e. The molecule has 0 spiro atoms. The smallest absolute Gasteiger partial charge is 0.244 e. The molecule has 1 fully saturated rings. The fourth-order valence-electron chi connectivity index (χ4n) is 1.33. The summed E-state index contributed by atoms with van der Waals surface area (Å²) in [5.74, 6) is 0.0149. The first kappa shape index (κ1) is 11.2. The van der Waals surface area contributed by atoms with E-state index in [1.54, 1.807) is 11.8 Å². The molecule has 0 aliphatic carbocycles. The molecule has 0 radical (unpaired) electrons. The molecular weight excluding hydrogens is 202 g/mol. The molecule has 3 N–H and O–H groups in total. The van der Waals surface area contributed by atoms with Crippen molar-refractivity contribution in [2.45, 2.75) is 13.0 Å². The Labute approximate surface area is 88.6 Å². The highest BCUT2D eigenvalue weighted by atomic mass is 32.1. The Kier molecular flexibility index (Phi) is 4.09. The molecule has 14 heavy (non-hydrogen) atoms. The van der Waals surface area contributed by atoms with Crippen LogP contribution in [-0.4, -0.2) is 48.3 Å². The Morgan fingerprint density at radius 2 is 2.14 bits per heavy atom. The van der Waals surface area contributed by atoms with Crippen LogP contribution >= 0.6 is 12.2 Å². The third-order valence-electron chi connectivity index (χ3n) is 2.05. The predicted octanol–water partition coefficient (Wildman–Crippen LogP) is -0.933. The quantitative estimate of drug-likeness (QED) is 0.585. The van der Waals surface area contributed by atoms with E-state index < -0.39 is 0 Å². The van der Waals surface area contributed by atoms with Gasteiger partial charge in [-0.2, -0.15) is 0 Å². The lowest BCUT2D eigenvalue weighted by atomic mass is 10.2. The number of nitrogens with two attached hydrogens (primary N) is 1. The molecule has 5 nitrogen and oxygen atoms in total. The Bertz CT molecular complexity index is 229. The van der Waals surface area contributed by atoms with Crippen molar-refractivity contribution in [3.05, 3.63) is 0 Å². The van der Waals surface area contributed by atoms with Crippen molar-refractivity contribution in [3.63, 3.8) is 0 Å². The molecule has 1 rings (SSSR count). The fourth-order valence-corrected chi connectivity index (χ4v) is 1.51. The zero-order chi connectivity index (χ0) is 10.6. The molecule has 6 heteroatoms. The maximum absolute atomic E-state index is 11.7. The second-order valence-corrected chi connectivity index (χ2v) is 3.61. The van der Waals surface area contributed by atoms with E-state index in [1.807, 2.05) is 0 Å². The van der Waals surface area contributed by atoms with Gasteiger partial charge in [0.15, 0.2) is 5.11 Å². The number of carbonyl (C=O) groups excluding carboxylic acids is 1. The van der Waals surface area contributed by atoms with Crippen LogP contribution in [0.2, 0.25) is 0 Å². The summed E-state index contributed by atoms with van der Waals surface area (Å²) in [5.41, 5.74) is 5.29. The van der Waals surface area contributed by atoms with Crippen molar-refractivity contribution in [1.82, 2.24) is 10.2 Å². The summed E-state index contributed by atoms with van der Waals surface area (Å²) in [4.78, 5) is 13.5. The highest BCUT2D eigenvalue weighted by molar-refractivity contribution is 7.80. The van der Waals surface area contributed by atoms with E-state index in [-0.39, 0.29) is 17.1 Å². The van der Waals surface area contributed by atoms with Crippen LogP contribution in [0.1, 0.15) is 6.92 Å². The van der Waals surface area contributed by atoms with Gasteiger partial charge in [0.05, 0.1) is 13.2 Å². The molecule has 1 aliphatic heterocycles. The zero-order valence-electron chi connectivity index (χ0n) is 8.16. The lowest BCUT2D eigenvalue weighted by Gasteiger charge is -2.29. The fraction of sp³-hybridized carbons (Fsp3) is 0.750. The number of carbonyl (C=O) groups is 1. The first-order valence-electron chi connectivity index (χ1n) is 4.54. The summed E-state index contributed by atoms with van der Waals surface area (Å²) in [5, 5.41) is 2.87. The summed E-state index contributed by atoms with van der Waals surface area (Å²) >= 11 is 4.66. The van der Waals surface area contributed by atoms with Gasteiger partial charge >= 0.3 is 0 Å². The van der Waals surface area contributed by atoms with Gasteiger partial charge in [-0.3, -0.25) is 4.79 Å². The molecule has 1 heterocycles. The second-order valence-electron chi connectivity index (χ2n) is 3.17. The second kappa shape index (κ2) is 5.11. The minimum atomic E-state index is -0.356. The van der Waals surface area contributed by atoms with E-state index in [1.165, 1.54) is 0 Å². The summed E-state index contributed by atoms with van der Waals surface area (Å²) < 4.78 is 5.15. The number of rotatable bonds is 2. The van der Waals surface area contributed by atoms with Gasteiger partial charge in [0.1, 0.15) is 6.04 Å². The average molecular weight is 217 g/mol. The summed E-state index contributed by atoms with van der Waals surface area (Å²) in [6, 6.07) is -0.356. The lowest BCUT2D eigenvalue weighted by molar-refractivity contribution is -0.136. The number of hydrogen-bond donors (Lipinski definition) is 2. The van der Waals surface area contributed by atoms with E-state index in [0.717, 1.165) is 0 Å². The normalized spacial score (nSPS) is 18.8. The maximum atomic E-state index is 11.7. The van der Waals surface area contributed by atoms with Crippen LogP contribution < -0.4 is 11.1 Å². The number of thiocarbonyl (C=S) groups is 1. The Hall–Kier alpha value is -0.880. The number of ether oxygens (including phenoxy) is 1. The van der Waals surface area contributed by atoms with Crippen LogP contribution in [0.3, 0.4) is 0 Å². The van der Waals surface area contributed by atoms with Crippen LogP contribution in [0.15, 0.2) is 0 Å². The van der Waals surface area contributed by atoms with Gasteiger partial charge in [-0.25, -0.2) is 0 Å². The first-order chi connectivity index (χ1) is 6.61. The highest BCUT2D eigenvalue weighted by Crippen LogP contribution is 2.00. The SMILES string of the molecule is CC(NC(N)=S)C(=O)N1CCOCC1. The van der Waals surface area contributed by atoms with Crippen molar-refractivity contribution in [2.75, 3.05) is 26.3 Å². The highest BCUT2D eigenvalue weighted by Gasteiger charge is 2.22. The monoisotopic (exact) mass is 217 g/mol. The molecule has 1 amide bonds. The molecule has 1 aliphatic rings. The molecule has 80 valence electrons. The van der Waals surface area contributed by atoms with Gasteiger partial charge in [-0.15, -0.1) is 0 Å². The molecule has 0 aromatic rings. The van der Waals surface area contributed by atoms with E-state index in [9.17, 15) is 4.79 Å². The summed E-state index contributed by atoms with van der Waals surface area (Å²) in [7, 11) is 0. The van der Waals surface area contributed by atoms with Crippen molar-refractivity contribution < 1.29 is 9.53 Å². The number of nitrogens with zero attached hydrogens (tertiary/aromatic N) is 1. The molecular formula is C8H15N3O2S. The minimum Gasteiger partial charge on any atom is -0.378 e. The summed E-state index contributed by atoms with van der Waals surface area (Å²) in [6.07, 6.45) is 0. The Morgan fingerprint density at radius 3 is 2.64 bits per heavy atom. The molecule has 1 unspecified atom stereocenters. The molecule has 1 atom stereocenters. The third kappa shape index (κ3) is 3.12. The van der Waals surface area contributed by atoms with E-state index in [2.05, 4.69) is 17.5 Å². The molecule has 1 saturated heterocycles. The molecule has 0 aromatic heterocycles. The lowest BCUT2D eigenvalue weighted by Crippen LogP contribution is -2.51. The zero-order valence-corrected chi connectivity index (χ0v) is 8.97. The summed E-state index contributed by atoms with van der Waals surface area (Å²) in [6.45, 7) is 4.23. The van der Waals surface area contributed by atoms with E-state index in [0.29, 0.717) is 26.3 Å². The van der Waals surface area contributed by atoms with Crippen molar-refractivity contribution in [1.29, 1.82) is 0 Å². The van der Waals surface area contributed by atoms with Gasteiger partial charge in [-0.05, 0) is 19.1 Å².